The van der Waals surface area contributed by atoms with Crippen molar-refractivity contribution in [3.8, 4) is 0 Å². The van der Waals surface area contributed by atoms with Crippen LogP contribution < -0.4 is 0 Å². The number of carbonyl (C=O) groups is 3. The van der Waals surface area contributed by atoms with Crippen molar-refractivity contribution in [1.82, 2.24) is 0 Å². The van der Waals surface area contributed by atoms with E-state index in [1.807, 2.05) is 24.3 Å². The predicted molar refractivity (Wildman–Crippen MR) is 284 cm³/mol. The number of unbranched alkanes of at least 4 members (excludes halogenated alkanes) is 28. The molecule has 0 amide bonds. The Kier molecular flexibility index (Phi) is 51.4. The highest BCUT2D eigenvalue weighted by molar-refractivity contribution is 5.71. The summed E-state index contributed by atoms with van der Waals surface area (Å²) < 4.78 is 16.8. The van der Waals surface area contributed by atoms with E-state index in [2.05, 4.69) is 81.5 Å². The van der Waals surface area contributed by atoms with Gasteiger partial charge in [-0.25, -0.2) is 0 Å². The number of esters is 3. The Morgan fingerprint density at radius 3 is 0.955 bits per heavy atom. The molecule has 0 N–H and O–H groups in total. The predicted octanol–water partition coefficient (Wildman–Crippen LogP) is 18.4. The maximum atomic E-state index is 12.8. The van der Waals surface area contributed by atoms with Gasteiger partial charge in [0, 0.05) is 19.3 Å². The molecule has 1 atom stereocenters. The molecule has 0 fully saturated rings. The largest absolute Gasteiger partial charge is 0.462 e. The van der Waals surface area contributed by atoms with E-state index >= 15 is 0 Å². The number of hydrogen-bond donors (Lipinski definition) is 0. The Morgan fingerprint density at radius 1 is 0.303 bits per heavy atom. The second kappa shape index (κ2) is 54.2. The molecule has 0 rings (SSSR count). The van der Waals surface area contributed by atoms with Gasteiger partial charge in [-0.05, 0) is 89.9 Å². The van der Waals surface area contributed by atoms with Crippen LogP contribution in [-0.2, 0) is 28.6 Å². The standard InChI is InChI=1S/C60H102O6/c1-4-7-10-13-16-19-22-25-28-29-30-33-35-38-41-44-47-50-53-59(62)65-56-57(66-60(63)54-51-48-45-42-39-36-32-27-24-21-18-15-12-9-6-3)55-64-58(61)52-49-46-43-40-37-34-31-26-23-20-17-14-11-8-5-2/h10,13,16,19-25,28-30,33,57H,4-9,11-12,14-15,17-18,26-27,31-32,34-56H2,1-3H3/b13-10-,19-16-,23-20-,24-21-,25-22-,29-28-,33-30-. The lowest BCUT2D eigenvalue weighted by atomic mass is 10.1. The molecule has 0 aromatic rings. The number of allylic oxidation sites excluding steroid dienone is 14. The van der Waals surface area contributed by atoms with E-state index in [-0.39, 0.29) is 31.1 Å². The highest BCUT2D eigenvalue weighted by Crippen LogP contribution is 2.15. The zero-order chi connectivity index (χ0) is 47.9. The normalized spacial score (nSPS) is 12.7. The zero-order valence-electron chi connectivity index (χ0n) is 43.2. The Labute approximate surface area is 407 Å². The molecule has 6 nitrogen and oxygen atoms in total. The van der Waals surface area contributed by atoms with E-state index in [0.29, 0.717) is 19.3 Å². The third kappa shape index (κ3) is 51.6. The quantitative estimate of drug-likeness (QED) is 0.0199. The van der Waals surface area contributed by atoms with Crippen molar-refractivity contribution in [2.45, 2.75) is 264 Å². The smallest absolute Gasteiger partial charge is 0.306 e. The summed E-state index contributed by atoms with van der Waals surface area (Å²) in [5.74, 6) is -0.920. The van der Waals surface area contributed by atoms with Crippen LogP contribution in [0.2, 0.25) is 0 Å². The van der Waals surface area contributed by atoms with Crippen LogP contribution in [0, 0.1) is 0 Å². The van der Waals surface area contributed by atoms with Gasteiger partial charge in [0.1, 0.15) is 13.2 Å². The van der Waals surface area contributed by atoms with Crippen LogP contribution in [0.25, 0.3) is 0 Å². The number of carbonyl (C=O) groups excluding carboxylic acids is 3. The fourth-order valence-electron chi connectivity index (χ4n) is 7.52. The second-order valence-electron chi connectivity index (χ2n) is 18.3. The molecule has 0 spiro atoms. The molecule has 0 aromatic carbocycles. The fourth-order valence-corrected chi connectivity index (χ4v) is 7.52. The van der Waals surface area contributed by atoms with E-state index in [4.69, 9.17) is 14.2 Å². The van der Waals surface area contributed by atoms with Gasteiger partial charge < -0.3 is 14.2 Å². The Morgan fingerprint density at radius 2 is 0.591 bits per heavy atom. The van der Waals surface area contributed by atoms with Gasteiger partial charge in [0.05, 0.1) is 0 Å². The molecule has 0 aromatic heterocycles. The van der Waals surface area contributed by atoms with Crippen molar-refractivity contribution in [2.75, 3.05) is 13.2 Å². The molecule has 0 saturated heterocycles. The summed E-state index contributed by atoms with van der Waals surface area (Å²) in [4.78, 5) is 38.1. The molecule has 0 aliphatic carbocycles. The summed E-state index contributed by atoms with van der Waals surface area (Å²) in [5, 5.41) is 0. The summed E-state index contributed by atoms with van der Waals surface area (Å²) in [7, 11) is 0. The molecular weight excluding hydrogens is 817 g/mol. The summed E-state index contributed by atoms with van der Waals surface area (Å²) in [6, 6.07) is 0. The lowest BCUT2D eigenvalue weighted by Crippen LogP contribution is -2.30. The van der Waals surface area contributed by atoms with Gasteiger partial charge in [-0.2, -0.15) is 0 Å². The number of ether oxygens (including phenoxy) is 3. The third-order valence-electron chi connectivity index (χ3n) is 11.7. The lowest BCUT2D eigenvalue weighted by molar-refractivity contribution is -0.167. The summed E-state index contributed by atoms with van der Waals surface area (Å²) in [6.45, 7) is 6.50. The van der Waals surface area contributed by atoms with Crippen molar-refractivity contribution < 1.29 is 28.6 Å². The Hall–Kier alpha value is -3.41. The lowest BCUT2D eigenvalue weighted by Gasteiger charge is -2.18. The van der Waals surface area contributed by atoms with E-state index < -0.39 is 6.10 Å². The van der Waals surface area contributed by atoms with Gasteiger partial charge in [-0.3, -0.25) is 14.4 Å². The molecule has 0 saturated carbocycles. The molecule has 0 bridgehead atoms. The first kappa shape index (κ1) is 62.6. The van der Waals surface area contributed by atoms with Crippen LogP contribution in [0.15, 0.2) is 85.1 Å². The van der Waals surface area contributed by atoms with E-state index in [9.17, 15) is 14.4 Å². The first-order valence-electron chi connectivity index (χ1n) is 27.7. The monoisotopic (exact) mass is 919 g/mol. The summed E-state index contributed by atoms with van der Waals surface area (Å²) >= 11 is 0. The Bertz CT molecular complexity index is 1290. The average molecular weight is 919 g/mol. The fraction of sp³-hybridized carbons (Fsp3) is 0.717. The number of rotatable bonds is 49. The van der Waals surface area contributed by atoms with Gasteiger partial charge in [-0.15, -0.1) is 0 Å². The van der Waals surface area contributed by atoms with Crippen molar-refractivity contribution in [3.05, 3.63) is 85.1 Å². The van der Waals surface area contributed by atoms with Crippen LogP contribution in [0.1, 0.15) is 258 Å². The van der Waals surface area contributed by atoms with E-state index in [1.165, 1.54) is 135 Å². The van der Waals surface area contributed by atoms with E-state index in [0.717, 1.165) is 83.5 Å². The molecule has 0 aliphatic heterocycles. The van der Waals surface area contributed by atoms with Crippen molar-refractivity contribution >= 4 is 17.9 Å². The maximum Gasteiger partial charge on any atom is 0.306 e. The van der Waals surface area contributed by atoms with Crippen LogP contribution in [-0.4, -0.2) is 37.2 Å². The third-order valence-corrected chi connectivity index (χ3v) is 11.7. The van der Waals surface area contributed by atoms with Crippen molar-refractivity contribution in [3.63, 3.8) is 0 Å². The van der Waals surface area contributed by atoms with Gasteiger partial charge in [-0.1, -0.05) is 234 Å². The minimum absolute atomic E-state index is 0.0889. The molecule has 0 aliphatic rings. The van der Waals surface area contributed by atoms with Crippen LogP contribution >= 0.6 is 0 Å². The minimum atomic E-state index is -0.791. The van der Waals surface area contributed by atoms with Gasteiger partial charge >= 0.3 is 17.9 Å². The number of hydrogen-bond acceptors (Lipinski definition) is 6. The molecular formula is C60H102O6. The van der Waals surface area contributed by atoms with E-state index in [1.54, 1.807) is 0 Å². The first-order chi connectivity index (χ1) is 32.5. The topological polar surface area (TPSA) is 78.9 Å². The van der Waals surface area contributed by atoms with Gasteiger partial charge in [0.25, 0.3) is 0 Å². The Balaban J connectivity index is 4.45. The van der Waals surface area contributed by atoms with Crippen LogP contribution in [0.5, 0.6) is 0 Å². The highest BCUT2D eigenvalue weighted by Gasteiger charge is 2.19. The molecule has 66 heavy (non-hydrogen) atoms. The SMILES string of the molecule is CCC\C=C/C=C\C=C/C=C\C=C/CCCCCCCC(=O)OCC(COC(=O)CCCCCCCCC/C=C\CCCCCC)OC(=O)CCCCCCCCC/C=C\CCCCCC. The van der Waals surface area contributed by atoms with Crippen LogP contribution in [0.3, 0.4) is 0 Å². The zero-order valence-corrected chi connectivity index (χ0v) is 43.2. The summed E-state index contributed by atoms with van der Waals surface area (Å²) in [5.41, 5.74) is 0. The molecule has 0 heterocycles. The highest BCUT2D eigenvalue weighted by atomic mass is 16.6. The van der Waals surface area contributed by atoms with Gasteiger partial charge in [0.15, 0.2) is 6.10 Å². The second-order valence-corrected chi connectivity index (χ2v) is 18.3. The molecule has 6 heteroatoms. The molecule has 378 valence electrons. The van der Waals surface area contributed by atoms with Crippen molar-refractivity contribution in [1.29, 1.82) is 0 Å². The minimum Gasteiger partial charge on any atom is -0.462 e. The first-order valence-corrected chi connectivity index (χ1v) is 27.7. The van der Waals surface area contributed by atoms with Crippen LogP contribution in [0.4, 0.5) is 0 Å². The molecule has 0 radical (unpaired) electrons. The molecule has 1 unspecified atom stereocenters. The maximum absolute atomic E-state index is 12.8. The summed E-state index contributed by atoms with van der Waals surface area (Å²) in [6.07, 6.45) is 69.8. The average Bonchev–Trinajstić information content (AvgIpc) is 3.31. The van der Waals surface area contributed by atoms with Gasteiger partial charge in [0.2, 0.25) is 0 Å². The van der Waals surface area contributed by atoms with Crippen molar-refractivity contribution in [2.24, 2.45) is 0 Å².